The topological polar surface area (TPSA) is 139 Å². The summed E-state index contributed by atoms with van der Waals surface area (Å²) in [5.74, 6) is 0.757. The lowest BCUT2D eigenvalue weighted by Gasteiger charge is -2.18. The number of likely N-dealkylation sites (N-methyl/N-ethyl adjacent to an activating group) is 1. The highest BCUT2D eigenvalue weighted by atomic mass is 32.2. The van der Waals surface area contributed by atoms with Gasteiger partial charge in [0.25, 0.3) is 5.56 Å². The van der Waals surface area contributed by atoms with Crippen LogP contribution >= 0.6 is 0 Å². The van der Waals surface area contributed by atoms with E-state index in [1.807, 2.05) is 6.92 Å². The second kappa shape index (κ2) is 9.94. The van der Waals surface area contributed by atoms with Crippen molar-refractivity contribution in [1.82, 2.24) is 29.2 Å². The molecule has 1 amide bonds. The standard InChI is InChI=1S/C22H30N6O5S/c1-7-9-18-23-13(3)19-21(29)24-20(25-28(18)19)16-12-15(10-11-17(16)33-8-2)34(31,32)26-14(4)22(30)27(5)6/h10-12,14,26H,7-9H2,1-6H3,(H,24,25,29)/t14-/m1/s1. The smallest absolute Gasteiger partial charge is 0.277 e. The van der Waals surface area contributed by atoms with Crippen molar-refractivity contribution in [1.29, 1.82) is 0 Å². The number of nitrogens with one attached hydrogen (secondary N) is 2. The molecule has 0 saturated heterocycles. The van der Waals surface area contributed by atoms with Crippen molar-refractivity contribution < 1.29 is 17.9 Å². The summed E-state index contributed by atoms with van der Waals surface area (Å²) < 4.78 is 35.6. The number of carbonyl (C=O) groups excluding carboxylic acids is 1. The number of carbonyl (C=O) groups is 1. The molecule has 1 atom stereocenters. The van der Waals surface area contributed by atoms with Crippen LogP contribution in [-0.2, 0) is 21.2 Å². The average molecular weight is 491 g/mol. The largest absolute Gasteiger partial charge is 0.493 e. The van der Waals surface area contributed by atoms with E-state index in [0.29, 0.717) is 41.4 Å². The van der Waals surface area contributed by atoms with E-state index >= 15 is 0 Å². The minimum Gasteiger partial charge on any atom is -0.493 e. The van der Waals surface area contributed by atoms with Crippen molar-refractivity contribution in [3.63, 3.8) is 0 Å². The van der Waals surface area contributed by atoms with Gasteiger partial charge in [-0.25, -0.2) is 17.9 Å². The van der Waals surface area contributed by atoms with Crippen molar-refractivity contribution in [3.05, 3.63) is 40.1 Å². The molecule has 1 aromatic carbocycles. The number of rotatable bonds is 9. The third-order valence-corrected chi connectivity index (χ3v) is 6.71. The third-order valence-electron chi connectivity index (χ3n) is 5.18. The van der Waals surface area contributed by atoms with E-state index in [4.69, 9.17) is 4.74 Å². The molecule has 0 saturated carbocycles. The Kier molecular flexibility index (Phi) is 7.41. The summed E-state index contributed by atoms with van der Waals surface area (Å²) in [5.41, 5.74) is 0.806. The fourth-order valence-corrected chi connectivity index (χ4v) is 4.85. The number of fused-ring (bicyclic) bond motifs is 1. The first-order chi connectivity index (χ1) is 16.0. The molecule has 0 aliphatic carbocycles. The zero-order chi connectivity index (χ0) is 25.2. The van der Waals surface area contributed by atoms with Crippen LogP contribution in [-0.4, -0.2) is 65.6 Å². The van der Waals surface area contributed by atoms with Crippen LogP contribution in [0, 0.1) is 6.92 Å². The summed E-state index contributed by atoms with van der Waals surface area (Å²) in [4.78, 5) is 33.4. The number of aromatic amines is 1. The summed E-state index contributed by atoms with van der Waals surface area (Å²) in [5, 5.41) is 4.57. The molecule has 184 valence electrons. The van der Waals surface area contributed by atoms with Gasteiger partial charge < -0.3 is 14.6 Å². The van der Waals surface area contributed by atoms with Crippen LogP contribution in [0.25, 0.3) is 16.9 Å². The Balaban J connectivity index is 2.15. The molecule has 12 heteroatoms. The van der Waals surface area contributed by atoms with Crippen LogP contribution in [0.1, 0.15) is 38.7 Å². The number of hydrogen-bond acceptors (Lipinski definition) is 7. The van der Waals surface area contributed by atoms with Crippen molar-refractivity contribution in [2.24, 2.45) is 0 Å². The van der Waals surface area contributed by atoms with Gasteiger partial charge in [0.1, 0.15) is 11.6 Å². The number of benzene rings is 1. The zero-order valence-electron chi connectivity index (χ0n) is 20.2. The lowest BCUT2D eigenvalue weighted by Crippen LogP contribution is -2.44. The molecule has 3 aromatic rings. The Hall–Kier alpha value is -3.25. The molecular formula is C22H30N6O5S. The number of nitrogens with zero attached hydrogens (tertiary/aromatic N) is 4. The summed E-state index contributed by atoms with van der Waals surface area (Å²) in [6, 6.07) is 3.29. The molecule has 2 aromatic heterocycles. The number of ether oxygens (including phenoxy) is 1. The molecule has 34 heavy (non-hydrogen) atoms. The van der Waals surface area contributed by atoms with Crippen molar-refractivity contribution >= 4 is 21.4 Å². The van der Waals surface area contributed by atoms with Crippen molar-refractivity contribution in [3.8, 4) is 17.1 Å². The number of imidazole rings is 1. The maximum Gasteiger partial charge on any atom is 0.277 e. The molecule has 0 aliphatic heterocycles. The third kappa shape index (κ3) is 4.97. The highest BCUT2D eigenvalue weighted by Crippen LogP contribution is 2.30. The first kappa shape index (κ1) is 25.4. The number of hydrogen-bond donors (Lipinski definition) is 2. The highest BCUT2D eigenvalue weighted by Gasteiger charge is 2.25. The highest BCUT2D eigenvalue weighted by molar-refractivity contribution is 7.89. The van der Waals surface area contributed by atoms with Gasteiger partial charge >= 0.3 is 0 Å². The summed E-state index contributed by atoms with van der Waals surface area (Å²) in [6.45, 7) is 7.33. The van der Waals surface area contributed by atoms with Gasteiger partial charge in [-0.15, -0.1) is 5.10 Å². The second-order valence-corrected chi connectivity index (χ2v) is 9.81. The van der Waals surface area contributed by atoms with Crippen molar-refractivity contribution in [2.45, 2.75) is 51.5 Å². The van der Waals surface area contributed by atoms with Crippen LogP contribution in [0.4, 0.5) is 0 Å². The molecule has 0 spiro atoms. The Labute approximate surface area is 198 Å². The Morgan fingerprint density at radius 2 is 2.00 bits per heavy atom. The van der Waals surface area contributed by atoms with Crippen LogP contribution in [0.3, 0.4) is 0 Å². The van der Waals surface area contributed by atoms with Crippen LogP contribution in [0.15, 0.2) is 27.9 Å². The fourth-order valence-electron chi connectivity index (χ4n) is 3.62. The zero-order valence-corrected chi connectivity index (χ0v) is 21.0. The number of aryl methyl sites for hydroxylation is 2. The summed E-state index contributed by atoms with van der Waals surface area (Å²) >= 11 is 0. The van der Waals surface area contributed by atoms with E-state index in [9.17, 15) is 18.0 Å². The Morgan fingerprint density at radius 3 is 2.62 bits per heavy atom. The molecule has 0 bridgehead atoms. The van der Waals surface area contributed by atoms with Gasteiger partial charge in [0.15, 0.2) is 11.3 Å². The van der Waals surface area contributed by atoms with Crippen molar-refractivity contribution in [2.75, 3.05) is 20.7 Å². The molecule has 0 unspecified atom stereocenters. The molecule has 0 aliphatic rings. The SMILES string of the molecule is CCCc1nc(C)c2c(=O)[nH]c(-c3cc(S(=O)(=O)N[C@H](C)C(=O)N(C)C)ccc3OCC)nn12. The van der Waals surface area contributed by atoms with Gasteiger partial charge in [-0.3, -0.25) is 9.59 Å². The lowest BCUT2D eigenvalue weighted by atomic mass is 10.2. The van der Waals surface area contributed by atoms with E-state index in [0.717, 1.165) is 6.42 Å². The first-order valence-electron chi connectivity index (χ1n) is 11.0. The minimum absolute atomic E-state index is 0.0947. The van der Waals surface area contributed by atoms with E-state index < -0.39 is 21.6 Å². The second-order valence-electron chi connectivity index (χ2n) is 8.09. The minimum atomic E-state index is -4.06. The fraction of sp³-hybridized carbons (Fsp3) is 0.455. The van der Waals surface area contributed by atoms with E-state index in [1.54, 1.807) is 27.9 Å². The quantitative estimate of drug-likeness (QED) is 0.463. The molecule has 11 nitrogen and oxygen atoms in total. The van der Waals surface area contributed by atoms with E-state index in [-0.39, 0.29) is 16.6 Å². The molecule has 0 radical (unpaired) electrons. The lowest BCUT2D eigenvalue weighted by molar-refractivity contribution is -0.130. The van der Waals surface area contributed by atoms with E-state index in [1.165, 1.54) is 34.5 Å². The van der Waals surface area contributed by atoms with Gasteiger partial charge in [-0.1, -0.05) is 6.92 Å². The maximum absolute atomic E-state index is 13.0. The maximum atomic E-state index is 13.0. The Bertz CT molecular complexity index is 1380. The van der Waals surface area contributed by atoms with Gasteiger partial charge in [-0.2, -0.15) is 4.72 Å². The average Bonchev–Trinajstić information content (AvgIpc) is 3.09. The monoisotopic (exact) mass is 490 g/mol. The molecule has 2 heterocycles. The number of sulfonamides is 1. The predicted molar refractivity (Wildman–Crippen MR) is 127 cm³/mol. The summed E-state index contributed by atoms with van der Waals surface area (Å²) in [7, 11) is -0.964. The predicted octanol–water partition coefficient (Wildman–Crippen LogP) is 1.50. The molecule has 3 rings (SSSR count). The van der Waals surface area contributed by atoms with Crippen LogP contribution < -0.4 is 15.0 Å². The number of amides is 1. The van der Waals surface area contributed by atoms with E-state index in [2.05, 4.69) is 19.8 Å². The Morgan fingerprint density at radius 1 is 1.29 bits per heavy atom. The van der Waals surface area contributed by atoms with Crippen LogP contribution in [0.5, 0.6) is 5.75 Å². The van der Waals surface area contributed by atoms with Gasteiger partial charge in [0.05, 0.1) is 28.8 Å². The van der Waals surface area contributed by atoms with Crippen LogP contribution in [0.2, 0.25) is 0 Å². The number of aromatic nitrogens is 4. The normalized spacial score (nSPS) is 12.6. The molecule has 2 N–H and O–H groups in total. The van der Waals surface area contributed by atoms with Gasteiger partial charge in [-0.05, 0) is 45.4 Å². The first-order valence-corrected chi connectivity index (χ1v) is 12.5. The van der Waals surface area contributed by atoms with Gasteiger partial charge in [0, 0.05) is 20.5 Å². The summed E-state index contributed by atoms with van der Waals surface area (Å²) in [6.07, 6.45) is 1.44. The number of H-pyrrole nitrogens is 1. The molecular weight excluding hydrogens is 460 g/mol. The molecule has 0 fully saturated rings. The van der Waals surface area contributed by atoms with Gasteiger partial charge in [0.2, 0.25) is 15.9 Å².